The van der Waals surface area contributed by atoms with Crippen molar-refractivity contribution >= 4 is 5.91 Å². The Morgan fingerprint density at radius 1 is 1.33 bits per heavy atom. The van der Waals surface area contributed by atoms with Gasteiger partial charge in [-0.2, -0.15) is 0 Å². The van der Waals surface area contributed by atoms with Crippen molar-refractivity contribution in [1.82, 2.24) is 10.2 Å². The minimum Gasteiger partial charge on any atom is -0.354 e. The second kappa shape index (κ2) is 6.53. The van der Waals surface area contributed by atoms with Gasteiger partial charge in [0.05, 0.1) is 0 Å². The molecule has 1 amide bonds. The lowest BCUT2D eigenvalue weighted by Crippen LogP contribution is -2.43. The number of nitrogens with one attached hydrogen (secondary N) is 1. The molecule has 0 radical (unpaired) electrons. The van der Waals surface area contributed by atoms with Crippen molar-refractivity contribution in [3.05, 3.63) is 0 Å². The van der Waals surface area contributed by atoms with E-state index in [2.05, 4.69) is 17.1 Å². The third-order valence-electron chi connectivity index (χ3n) is 4.63. The Morgan fingerprint density at radius 2 is 2.06 bits per heavy atom. The normalized spacial score (nSPS) is 30.6. The van der Waals surface area contributed by atoms with E-state index >= 15 is 0 Å². The molecule has 4 heteroatoms. The average molecular weight is 253 g/mol. The van der Waals surface area contributed by atoms with Crippen LogP contribution in [0.1, 0.15) is 39.0 Å². The first-order valence-electron chi connectivity index (χ1n) is 7.44. The highest BCUT2D eigenvalue weighted by Gasteiger charge is 2.32. The van der Waals surface area contributed by atoms with Crippen molar-refractivity contribution < 1.29 is 4.79 Å². The van der Waals surface area contributed by atoms with E-state index in [0.717, 1.165) is 25.8 Å². The Balaban J connectivity index is 1.73. The zero-order valence-electron chi connectivity index (χ0n) is 11.5. The van der Waals surface area contributed by atoms with E-state index in [9.17, 15) is 4.79 Å². The molecule has 1 saturated carbocycles. The molecule has 3 N–H and O–H groups in total. The van der Waals surface area contributed by atoms with E-state index in [0.29, 0.717) is 18.5 Å². The van der Waals surface area contributed by atoms with E-state index < -0.39 is 0 Å². The van der Waals surface area contributed by atoms with Gasteiger partial charge in [0.25, 0.3) is 0 Å². The molecule has 0 aromatic carbocycles. The molecule has 1 saturated heterocycles. The van der Waals surface area contributed by atoms with Crippen LogP contribution in [-0.4, -0.2) is 43.0 Å². The van der Waals surface area contributed by atoms with Crippen LogP contribution in [0.25, 0.3) is 0 Å². The van der Waals surface area contributed by atoms with E-state index in [-0.39, 0.29) is 11.8 Å². The summed E-state index contributed by atoms with van der Waals surface area (Å²) in [5.41, 5.74) is 5.73. The minimum atomic E-state index is 0.167. The third-order valence-corrected chi connectivity index (χ3v) is 4.63. The molecule has 3 atom stereocenters. The van der Waals surface area contributed by atoms with Gasteiger partial charge in [0.1, 0.15) is 0 Å². The summed E-state index contributed by atoms with van der Waals surface area (Å²) in [4.78, 5) is 14.6. The average Bonchev–Trinajstić information content (AvgIpc) is 3.04. The number of nitrogens with two attached hydrogens (primary N) is 1. The molecule has 0 aromatic heterocycles. The van der Waals surface area contributed by atoms with Gasteiger partial charge < -0.3 is 11.1 Å². The Morgan fingerprint density at radius 3 is 2.72 bits per heavy atom. The molecule has 18 heavy (non-hydrogen) atoms. The van der Waals surface area contributed by atoms with Crippen molar-refractivity contribution in [2.75, 3.05) is 26.2 Å². The molecule has 2 aliphatic rings. The number of hydrogen-bond acceptors (Lipinski definition) is 3. The molecule has 1 aliphatic heterocycles. The highest BCUT2D eigenvalue weighted by Crippen LogP contribution is 2.30. The SMILES string of the molecule is CC(CNC(=O)C1CCCC1CN)N1CCCC1. The Hall–Kier alpha value is -0.610. The van der Waals surface area contributed by atoms with Gasteiger partial charge in [0, 0.05) is 18.5 Å². The molecule has 0 bridgehead atoms. The maximum atomic E-state index is 12.1. The van der Waals surface area contributed by atoms with Crippen molar-refractivity contribution in [1.29, 1.82) is 0 Å². The number of amides is 1. The van der Waals surface area contributed by atoms with Gasteiger partial charge >= 0.3 is 0 Å². The molecule has 1 aliphatic carbocycles. The summed E-state index contributed by atoms with van der Waals surface area (Å²) in [6.45, 7) is 6.02. The summed E-state index contributed by atoms with van der Waals surface area (Å²) < 4.78 is 0. The fourth-order valence-corrected chi connectivity index (χ4v) is 3.35. The summed E-state index contributed by atoms with van der Waals surface area (Å²) in [5.74, 6) is 0.807. The van der Waals surface area contributed by atoms with E-state index in [4.69, 9.17) is 5.73 Å². The Bertz CT molecular complexity index is 276. The number of carbonyl (C=O) groups excluding carboxylic acids is 1. The highest BCUT2D eigenvalue weighted by atomic mass is 16.1. The van der Waals surface area contributed by atoms with Crippen LogP contribution in [-0.2, 0) is 4.79 Å². The monoisotopic (exact) mass is 253 g/mol. The minimum absolute atomic E-state index is 0.167. The van der Waals surface area contributed by atoms with Gasteiger partial charge in [-0.15, -0.1) is 0 Å². The number of likely N-dealkylation sites (tertiary alicyclic amines) is 1. The number of nitrogens with zero attached hydrogens (tertiary/aromatic N) is 1. The summed E-state index contributed by atoms with van der Waals surface area (Å²) in [6, 6.07) is 0.467. The lowest BCUT2D eigenvalue weighted by Gasteiger charge is -2.25. The fourth-order valence-electron chi connectivity index (χ4n) is 3.35. The van der Waals surface area contributed by atoms with Crippen LogP contribution in [0, 0.1) is 11.8 Å². The summed E-state index contributed by atoms with van der Waals surface area (Å²) >= 11 is 0. The maximum absolute atomic E-state index is 12.1. The number of rotatable bonds is 5. The summed E-state index contributed by atoms with van der Waals surface area (Å²) in [7, 11) is 0. The topological polar surface area (TPSA) is 58.4 Å². The van der Waals surface area contributed by atoms with Crippen LogP contribution in [0.15, 0.2) is 0 Å². The highest BCUT2D eigenvalue weighted by molar-refractivity contribution is 5.79. The molecular weight excluding hydrogens is 226 g/mol. The molecule has 2 fully saturated rings. The first kappa shape index (κ1) is 13.8. The third kappa shape index (κ3) is 3.23. The van der Waals surface area contributed by atoms with E-state index in [1.165, 1.54) is 25.9 Å². The van der Waals surface area contributed by atoms with Crippen molar-refractivity contribution in [3.63, 3.8) is 0 Å². The molecule has 0 spiro atoms. The first-order valence-corrected chi connectivity index (χ1v) is 7.44. The van der Waals surface area contributed by atoms with Gasteiger partial charge in [-0.1, -0.05) is 6.42 Å². The summed E-state index contributed by atoms with van der Waals surface area (Å²) in [5, 5.41) is 3.13. The molecule has 0 aromatic rings. The molecule has 3 unspecified atom stereocenters. The van der Waals surface area contributed by atoms with Crippen LogP contribution in [0.5, 0.6) is 0 Å². The van der Waals surface area contributed by atoms with Crippen LogP contribution >= 0.6 is 0 Å². The molecule has 4 nitrogen and oxygen atoms in total. The lowest BCUT2D eigenvalue weighted by atomic mass is 9.95. The van der Waals surface area contributed by atoms with Gasteiger partial charge in [0.15, 0.2) is 0 Å². The van der Waals surface area contributed by atoms with Gasteiger partial charge in [-0.05, 0) is 58.2 Å². The van der Waals surface area contributed by atoms with Crippen LogP contribution in [0.2, 0.25) is 0 Å². The van der Waals surface area contributed by atoms with Gasteiger partial charge in [0.2, 0.25) is 5.91 Å². The Labute approximate surface area is 110 Å². The predicted octanol–water partition coefficient (Wildman–Crippen LogP) is 0.962. The van der Waals surface area contributed by atoms with Crippen molar-refractivity contribution in [2.24, 2.45) is 17.6 Å². The van der Waals surface area contributed by atoms with Crippen LogP contribution < -0.4 is 11.1 Å². The first-order chi connectivity index (χ1) is 8.72. The summed E-state index contributed by atoms with van der Waals surface area (Å²) in [6.07, 6.45) is 5.90. The second-order valence-electron chi connectivity index (χ2n) is 5.87. The van der Waals surface area contributed by atoms with Crippen LogP contribution in [0.4, 0.5) is 0 Å². The second-order valence-corrected chi connectivity index (χ2v) is 5.87. The lowest BCUT2D eigenvalue weighted by molar-refractivity contribution is -0.126. The molecular formula is C14H27N3O. The molecule has 2 rings (SSSR count). The largest absolute Gasteiger partial charge is 0.354 e. The Kier molecular flexibility index (Phi) is 5.01. The number of hydrogen-bond donors (Lipinski definition) is 2. The zero-order valence-corrected chi connectivity index (χ0v) is 11.5. The van der Waals surface area contributed by atoms with Gasteiger partial charge in [-0.25, -0.2) is 0 Å². The van der Waals surface area contributed by atoms with Gasteiger partial charge in [-0.3, -0.25) is 9.69 Å². The van der Waals surface area contributed by atoms with Crippen molar-refractivity contribution in [2.45, 2.75) is 45.1 Å². The number of carbonyl (C=O) groups is 1. The fraction of sp³-hybridized carbons (Fsp3) is 0.929. The quantitative estimate of drug-likeness (QED) is 0.767. The maximum Gasteiger partial charge on any atom is 0.223 e. The van der Waals surface area contributed by atoms with E-state index in [1.807, 2.05) is 0 Å². The molecule has 1 heterocycles. The van der Waals surface area contributed by atoms with Crippen LogP contribution in [0.3, 0.4) is 0 Å². The predicted molar refractivity (Wildman–Crippen MR) is 73.2 cm³/mol. The molecule has 104 valence electrons. The van der Waals surface area contributed by atoms with E-state index in [1.54, 1.807) is 0 Å². The zero-order chi connectivity index (χ0) is 13.0. The standard InChI is InChI=1S/C14H27N3O/c1-11(17-7-2-3-8-17)10-16-14(18)13-6-4-5-12(13)9-15/h11-13H,2-10,15H2,1H3,(H,16,18). The van der Waals surface area contributed by atoms with Crippen molar-refractivity contribution in [3.8, 4) is 0 Å². The smallest absolute Gasteiger partial charge is 0.223 e.